The van der Waals surface area contributed by atoms with E-state index in [1.165, 1.54) is 27.9 Å². The summed E-state index contributed by atoms with van der Waals surface area (Å²) in [4.78, 5) is 2.12. The van der Waals surface area contributed by atoms with Crippen LogP contribution in [0.25, 0.3) is 11.1 Å². The SMILES string of the molecule is Cc1ccc(-c2ccc(N(C)C)cc2)c(C)c1. The van der Waals surface area contributed by atoms with Crippen molar-refractivity contribution in [1.29, 1.82) is 0 Å². The van der Waals surface area contributed by atoms with Crippen molar-refractivity contribution in [2.45, 2.75) is 13.8 Å². The smallest absolute Gasteiger partial charge is 0.0361 e. The largest absolute Gasteiger partial charge is 0.378 e. The number of rotatable bonds is 2. The van der Waals surface area contributed by atoms with E-state index in [0.29, 0.717) is 0 Å². The third-order valence-corrected chi connectivity index (χ3v) is 3.08. The zero-order valence-electron chi connectivity index (χ0n) is 11.0. The molecule has 0 aliphatic carbocycles. The van der Waals surface area contributed by atoms with Gasteiger partial charge in [-0.1, -0.05) is 35.9 Å². The minimum Gasteiger partial charge on any atom is -0.378 e. The zero-order chi connectivity index (χ0) is 12.4. The monoisotopic (exact) mass is 225 g/mol. The molecule has 1 heteroatoms. The maximum absolute atomic E-state index is 2.23. The zero-order valence-corrected chi connectivity index (χ0v) is 11.0. The van der Waals surface area contributed by atoms with Crippen LogP contribution in [0.3, 0.4) is 0 Å². The molecule has 0 heterocycles. The van der Waals surface area contributed by atoms with Gasteiger partial charge in [0.25, 0.3) is 0 Å². The highest BCUT2D eigenvalue weighted by Crippen LogP contribution is 2.26. The highest BCUT2D eigenvalue weighted by molar-refractivity contribution is 5.69. The molecule has 0 amide bonds. The van der Waals surface area contributed by atoms with E-state index in [2.05, 4.69) is 75.3 Å². The Morgan fingerprint density at radius 2 is 1.47 bits per heavy atom. The van der Waals surface area contributed by atoms with E-state index in [4.69, 9.17) is 0 Å². The minimum atomic E-state index is 1.23. The van der Waals surface area contributed by atoms with E-state index in [1.54, 1.807) is 0 Å². The van der Waals surface area contributed by atoms with Crippen molar-refractivity contribution in [3.05, 3.63) is 53.6 Å². The van der Waals surface area contributed by atoms with E-state index in [1.807, 2.05) is 0 Å². The summed E-state index contributed by atoms with van der Waals surface area (Å²) >= 11 is 0. The Morgan fingerprint density at radius 3 is 2.00 bits per heavy atom. The van der Waals surface area contributed by atoms with Gasteiger partial charge < -0.3 is 4.90 Å². The van der Waals surface area contributed by atoms with Gasteiger partial charge in [-0.3, -0.25) is 0 Å². The van der Waals surface area contributed by atoms with Gasteiger partial charge >= 0.3 is 0 Å². The Balaban J connectivity index is 2.40. The van der Waals surface area contributed by atoms with Crippen molar-refractivity contribution in [2.24, 2.45) is 0 Å². The predicted octanol–water partition coefficient (Wildman–Crippen LogP) is 4.04. The molecule has 2 rings (SSSR count). The number of anilines is 1. The summed E-state index contributed by atoms with van der Waals surface area (Å²) in [6.07, 6.45) is 0. The Labute approximate surface area is 104 Å². The molecule has 0 N–H and O–H groups in total. The van der Waals surface area contributed by atoms with Crippen LogP contribution in [0.5, 0.6) is 0 Å². The molecule has 17 heavy (non-hydrogen) atoms. The maximum Gasteiger partial charge on any atom is 0.0361 e. The maximum atomic E-state index is 2.23. The highest BCUT2D eigenvalue weighted by atomic mass is 15.1. The molecule has 88 valence electrons. The van der Waals surface area contributed by atoms with Gasteiger partial charge in [-0.25, -0.2) is 0 Å². The van der Waals surface area contributed by atoms with Crippen molar-refractivity contribution in [1.82, 2.24) is 0 Å². The summed E-state index contributed by atoms with van der Waals surface area (Å²) in [7, 11) is 4.12. The molecule has 0 aromatic heterocycles. The molecule has 0 saturated heterocycles. The van der Waals surface area contributed by atoms with Gasteiger partial charge in [0.2, 0.25) is 0 Å². The number of nitrogens with zero attached hydrogens (tertiary/aromatic N) is 1. The number of hydrogen-bond acceptors (Lipinski definition) is 1. The average molecular weight is 225 g/mol. The first-order valence-corrected chi connectivity index (χ1v) is 5.93. The second-order valence-electron chi connectivity index (χ2n) is 4.76. The average Bonchev–Trinajstić information content (AvgIpc) is 2.29. The summed E-state index contributed by atoms with van der Waals surface area (Å²) < 4.78 is 0. The Kier molecular flexibility index (Phi) is 3.19. The molecule has 0 bridgehead atoms. The second kappa shape index (κ2) is 4.62. The van der Waals surface area contributed by atoms with Crippen LogP contribution < -0.4 is 4.90 Å². The lowest BCUT2D eigenvalue weighted by molar-refractivity contribution is 1.13. The Bertz CT molecular complexity index is 510. The third kappa shape index (κ3) is 2.50. The topological polar surface area (TPSA) is 3.24 Å². The number of aryl methyl sites for hydroxylation is 2. The van der Waals surface area contributed by atoms with Gasteiger partial charge in [0.1, 0.15) is 0 Å². The van der Waals surface area contributed by atoms with Crippen LogP contribution in [0.2, 0.25) is 0 Å². The first-order chi connectivity index (χ1) is 8.08. The van der Waals surface area contributed by atoms with Crippen molar-refractivity contribution in [3.8, 4) is 11.1 Å². The van der Waals surface area contributed by atoms with Crippen molar-refractivity contribution in [3.63, 3.8) is 0 Å². The summed E-state index contributed by atoms with van der Waals surface area (Å²) in [6.45, 7) is 4.30. The lowest BCUT2D eigenvalue weighted by Gasteiger charge is -2.13. The van der Waals surface area contributed by atoms with E-state index in [0.717, 1.165) is 0 Å². The summed E-state index contributed by atoms with van der Waals surface area (Å²) in [5.41, 5.74) is 6.49. The lowest BCUT2D eigenvalue weighted by atomic mass is 9.98. The van der Waals surface area contributed by atoms with Gasteiger partial charge in [0.15, 0.2) is 0 Å². The molecular weight excluding hydrogens is 206 g/mol. The van der Waals surface area contributed by atoms with Crippen LogP contribution >= 0.6 is 0 Å². The van der Waals surface area contributed by atoms with E-state index in [-0.39, 0.29) is 0 Å². The minimum absolute atomic E-state index is 1.23. The van der Waals surface area contributed by atoms with Crippen molar-refractivity contribution in [2.75, 3.05) is 19.0 Å². The van der Waals surface area contributed by atoms with Gasteiger partial charge in [-0.05, 0) is 42.7 Å². The van der Waals surface area contributed by atoms with Crippen LogP contribution in [0, 0.1) is 13.8 Å². The summed E-state index contributed by atoms with van der Waals surface area (Å²) in [5.74, 6) is 0. The van der Waals surface area contributed by atoms with E-state index >= 15 is 0 Å². The molecular formula is C16H19N. The molecule has 0 fully saturated rings. The molecule has 0 atom stereocenters. The fourth-order valence-corrected chi connectivity index (χ4v) is 2.08. The molecule has 0 unspecified atom stereocenters. The van der Waals surface area contributed by atoms with Crippen LogP contribution in [0.1, 0.15) is 11.1 Å². The summed E-state index contributed by atoms with van der Waals surface area (Å²) in [5, 5.41) is 0. The standard InChI is InChI=1S/C16H19N/c1-12-5-10-16(13(2)11-12)14-6-8-15(9-7-14)17(3)4/h5-11H,1-4H3. The van der Waals surface area contributed by atoms with Gasteiger partial charge in [0, 0.05) is 19.8 Å². The molecule has 1 nitrogen and oxygen atoms in total. The summed E-state index contributed by atoms with van der Waals surface area (Å²) in [6, 6.07) is 15.3. The van der Waals surface area contributed by atoms with Crippen LogP contribution in [-0.4, -0.2) is 14.1 Å². The highest BCUT2D eigenvalue weighted by Gasteiger charge is 2.02. The second-order valence-corrected chi connectivity index (χ2v) is 4.76. The predicted molar refractivity (Wildman–Crippen MR) is 75.7 cm³/mol. The normalized spacial score (nSPS) is 10.4. The molecule has 0 aliphatic rings. The first kappa shape index (κ1) is 11.7. The third-order valence-electron chi connectivity index (χ3n) is 3.08. The van der Waals surface area contributed by atoms with Crippen LogP contribution in [0.15, 0.2) is 42.5 Å². The van der Waals surface area contributed by atoms with Gasteiger partial charge in [-0.15, -0.1) is 0 Å². The molecule has 0 radical (unpaired) electrons. The first-order valence-electron chi connectivity index (χ1n) is 5.93. The number of hydrogen-bond donors (Lipinski definition) is 0. The van der Waals surface area contributed by atoms with E-state index in [9.17, 15) is 0 Å². The number of benzene rings is 2. The molecule has 0 aliphatic heterocycles. The van der Waals surface area contributed by atoms with Crippen LogP contribution in [-0.2, 0) is 0 Å². The quantitative estimate of drug-likeness (QED) is 0.745. The van der Waals surface area contributed by atoms with Crippen molar-refractivity contribution >= 4 is 5.69 Å². The van der Waals surface area contributed by atoms with Gasteiger partial charge in [0.05, 0.1) is 0 Å². The Morgan fingerprint density at radius 1 is 0.824 bits per heavy atom. The van der Waals surface area contributed by atoms with E-state index < -0.39 is 0 Å². The Hall–Kier alpha value is -1.76. The van der Waals surface area contributed by atoms with Gasteiger partial charge in [-0.2, -0.15) is 0 Å². The van der Waals surface area contributed by atoms with Crippen molar-refractivity contribution < 1.29 is 0 Å². The fraction of sp³-hybridized carbons (Fsp3) is 0.250. The molecule has 2 aromatic carbocycles. The molecule has 0 spiro atoms. The molecule has 2 aromatic rings. The molecule has 0 saturated carbocycles. The lowest BCUT2D eigenvalue weighted by Crippen LogP contribution is -2.07. The van der Waals surface area contributed by atoms with Crippen LogP contribution in [0.4, 0.5) is 5.69 Å². The fourth-order valence-electron chi connectivity index (χ4n) is 2.08.